The standard InChI is InChI=1S/C52H54N6O11S/c1-28-20-35(61)21-29(2)39(28)26-41(53)50(66)58-27-31-9-5-4-8-30(31)22-43(58)49(65)57-42(16-17-46(62)63)48(64)54-18-6-3-7-19-55-52(70)56-32-10-13-36(40(23-32)51(67)68)47-37-14-11-33(59)24-44(37)69-45-25-34(60)12-15-38(45)47/h4-5,8-15,20-21,23-25,41-43,59,61H,3,6-7,16-19,22,26-27,53H2,1-2H3,(H,54,64)(H,57,65)(H,62,63)(H,67,68)(H2,55,56,70)/t41-,42-,43?/m0/s1. The van der Waals surface area contributed by atoms with Crippen molar-refractivity contribution in [2.45, 2.75) is 83.5 Å². The monoisotopic (exact) mass is 970 g/mol. The number of hydrogen-bond acceptors (Lipinski definition) is 11. The van der Waals surface area contributed by atoms with Crippen molar-refractivity contribution in [1.82, 2.24) is 20.9 Å². The molecule has 3 atom stereocenters. The molecule has 0 bridgehead atoms. The molecule has 70 heavy (non-hydrogen) atoms. The number of anilines is 1. The summed E-state index contributed by atoms with van der Waals surface area (Å²) in [6.07, 6.45) is 1.59. The third kappa shape index (κ3) is 11.9. The average molecular weight is 971 g/mol. The zero-order valence-corrected chi connectivity index (χ0v) is 39.4. The number of carbonyl (C=O) groups is 5. The molecular formula is C52H54N6O11S. The van der Waals surface area contributed by atoms with E-state index < -0.39 is 47.8 Å². The molecule has 3 aliphatic rings. The summed E-state index contributed by atoms with van der Waals surface area (Å²) in [5.41, 5.74) is 12.3. The summed E-state index contributed by atoms with van der Waals surface area (Å²) in [5.74, 6) is -3.71. The number of aliphatic carboxylic acids is 1. The fourth-order valence-electron chi connectivity index (χ4n) is 8.91. The number of thiocarbonyl (C=S) groups is 1. The molecule has 3 amide bonds. The molecule has 7 rings (SSSR count). The van der Waals surface area contributed by atoms with Gasteiger partial charge in [0.1, 0.15) is 34.9 Å². The number of nitrogens with zero attached hydrogens (tertiary/aromatic N) is 1. The summed E-state index contributed by atoms with van der Waals surface area (Å²) < 4.78 is 5.91. The predicted octanol–water partition coefficient (Wildman–Crippen LogP) is 5.74. The normalized spacial score (nSPS) is 14.0. The molecule has 2 aliphatic heterocycles. The van der Waals surface area contributed by atoms with E-state index in [1.807, 2.05) is 38.1 Å². The van der Waals surface area contributed by atoms with E-state index in [1.54, 1.807) is 36.4 Å². The smallest absolute Gasteiger partial charge is 0.336 e. The SMILES string of the molecule is Cc1cc(O)cc(C)c1C[C@H](N)C(=O)N1Cc2ccccc2CC1C(=O)N[C@@H](CCC(=O)O)C(=O)NCCCCCNC(=S)Nc1ccc(-c2c3ccc(=O)cc-3oc3cc(O)ccc23)c(C(=O)O)c1. The molecule has 2 heterocycles. The quantitative estimate of drug-likeness (QED) is 0.0282. The topological polar surface area (TPSA) is 274 Å². The lowest BCUT2D eigenvalue weighted by Gasteiger charge is -2.38. The van der Waals surface area contributed by atoms with Crippen LogP contribution in [0.5, 0.6) is 11.5 Å². The fourth-order valence-corrected chi connectivity index (χ4v) is 9.13. The Morgan fingerprint density at radius 3 is 2.24 bits per heavy atom. The predicted molar refractivity (Wildman–Crippen MR) is 267 cm³/mol. The van der Waals surface area contributed by atoms with Crippen molar-refractivity contribution in [3.05, 3.63) is 135 Å². The van der Waals surface area contributed by atoms with Crippen LogP contribution in [0.25, 0.3) is 33.4 Å². The van der Waals surface area contributed by atoms with Crippen LogP contribution < -0.4 is 32.4 Å². The Morgan fingerprint density at radius 2 is 1.53 bits per heavy atom. The number of nitrogens with two attached hydrogens (primary N) is 1. The second-order valence-corrected chi connectivity index (χ2v) is 17.8. The number of nitrogens with one attached hydrogen (secondary N) is 4. The van der Waals surface area contributed by atoms with E-state index in [4.69, 9.17) is 22.4 Å². The highest BCUT2D eigenvalue weighted by Gasteiger charge is 2.38. The molecule has 0 fully saturated rings. The number of aromatic hydroxyl groups is 2. The lowest BCUT2D eigenvalue weighted by atomic mass is 9.90. The lowest BCUT2D eigenvalue weighted by molar-refractivity contribution is -0.143. The Balaban J connectivity index is 0.922. The van der Waals surface area contributed by atoms with Gasteiger partial charge in [0, 0.05) is 66.8 Å². The Kier molecular flexibility index (Phi) is 15.8. The van der Waals surface area contributed by atoms with Crippen LogP contribution in [-0.4, -0.2) is 91.3 Å². The zero-order valence-electron chi connectivity index (χ0n) is 38.5. The minimum atomic E-state index is -1.20. The summed E-state index contributed by atoms with van der Waals surface area (Å²) >= 11 is 5.50. The van der Waals surface area contributed by atoms with E-state index in [1.165, 1.54) is 35.2 Å². The highest BCUT2D eigenvalue weighted by Crippen LogP contribution is 2.42. The number of carboxylic acid groups (broad SMARTS) is 2. The Bertz CT molecular complexity index is 3000. The van der Waals surface area contributed by atoms with Crippen molar-refractivity contribution in [1.29, 1.82) is 0 Å². The van der Waals surface area contributed by atoms with Crippen LogP contribution >= 0.6 is 12.2 Å². The first-order chi connectivity index (χ1) is 33.5. The average Bonchev–Trinajstić information content (AvgIpc) is 3.31. The largest absolute Gasteiger partial charge is 0.508 e. The van der Waals surface area contributed by atoms with Crippen molar-refractivity contribution < 1.29 is 48.8 Å². The van der Waals surface area contributed by atoms with Gasteiger partial charge >= 0.3 is 11.9 Å². The number of unbranched alkanes of at least 4 members (excludes halogenated alkanes) is 2. The van der Waals surface area contributed by atoms with Gasteiger partial charge in [-0.25, -0.2) is 4.79 Å². The number of aryl methyl sites for hydroxylation is 2. The molecule has 0 spiro atoms. The number of aromatic carboxylic acids is 1. The van der Waals surface area contributed by atoms with Crippen LogP contribution in [0.2, 0.25) is 0 Å². The van der Waals surface area contributed by atoms with Gasteiger partial charge in [-0.3, -0.25) is 24.0 Å². The summed E-state index contributed by atoms with van der Waals surface area (Å²) in [6, 6.07) is 20.9. The van der Waals surface area contributed by atoms with Crippen molar-refractivity contribution >= 4 is 63.6 Å². The first kappa shape index (κ1) is 50.1. The number of carbonyl (C=O) groups excluding carboxylic acids is 3. The number of phenols is 2. The van der Waals surface area contributed by atoms with E-state index in [9.17, 15) is 49.2 Å². The first-order valence-corrected chi connectivity index (χ1v) is 23.2. The van der Waals surface area contributed by atoms with Crippen LogP contribution in [0.4, 0.5) is 5.69 Å². The van der Waals surface area contributed by atoms with Crippen LogP contribution in [0.15, 0.2) is 100 Å². The van der Waals surface area contributed by atoms with Gasteiger partial charge in [-0.05, 0) is 140 Å². The van der Waals surface area contributed by atoms with Gasteiger partial charge in [-0.2, -0.15) is 0 Å². The maximum absolute atomic E-state index is 14.1. The van der Waals surface area contributed by atoms with E-state index in [0.717, 1.165) is 27.8 Å². The molecule has 1 unspecified atom stereocenters. The zero-order chi connectivity index (χ0) is 50.2. The van der Waals surface area contributed by atoms with Crippen molar-refractivity contribution in [3.8, 4) is 33.9 Å². The molecule has 18 heteroatoms. The molecule has 10 N–H and O–H groups in total. The van der Waals surface area contributed by atoms with Crippen LogP contribution in [0.3, 0.4) is 0 Å². The number of amides is 3. The molecule has 0 saturated heterocycles. The molecule has 4 aromatic rings. The molecule has 1 aliphatic carbocycles. The third-order valence-corrected chi connectivity index (χ3v) is 12.7. The number of carboxylic acids is 2. The van der Waals surface area contributed by atoms with Crippen molar-refractivity contribution in [2.24, 2.45) is 5.73 Å². The Labute approximate surface area is 408 Å². The summed E-state index contributed by atoms with van der Waals surface area (Å²) in [5, 5.41) is 52.4. The maximum Gasteiger partial charge on any atom is 0.336 e. The maximum atomic E-state index is 14.1. The van der Waals surface area contributed by atoms with Crippen molar-refractivity contribution in [2.75, 3.05) is 18.4 Å². The van der Waals surface area contributed by atoms with Gasteiger partial charge in [0.25, 0.3) is 0 Å². The van der Waals surface area contributed by atoms with E-state index >= 15 is 0 Å². The van der Waals surface area contributed by atoms with Crippen LogP contribution in [0.1, 0.15) is 70.3 Å². The van der Waals surface area contributed by atoms with Crippen LogP contribution in [0, 0.1) is 13.8 Å². The van der Waals surface area contributed by atoms with Gasteiger partial charge in [-0.15, -0.1) is 0 Å². The molecule has 364 valence electrons. The molecule has 0 radical (unpaired) electrons. The summed E-state index contributed by atoms with van der Waals surface area (Å²) in [7, 11) is 0. The van der Waals surface area contributed by atoms with Crippen LogP contribution in [-0.2, 0) is 38.6 Å². The van der Waals surface area contributed by atoms with Gasteiger partial charge in [0.05, 0.1) is 11.6 Å². The first-order valence-electron chi connectivity index (χ1n) is 22.8. The van der Waals surface area contributed by atoms with Gasteiger partial charge in [-0.1, -0.05) is 30.3 Å². The Hall–Kier alpha value is -7.83. The second kappa shape index (κ2) is 22.1. The molecule has 17 nitrogen and oxygen atoms in total. The minimum absolute atomic E-state index is 0.0439. The number of rotatable bonds is 18. The third-order valence-electron chi connectivity index (χ3n) is 12.4. The second-order valence-electron chi connectivity index (χ2n) is 17.4. The molecule has 0 saturated carbocycles. The van der Waals surface area contributed by atoms with Gasteiger partial charge in [0.2, 0.25) is 17.7 Å². The number of phenolic OH excluding ortho intramolecular Hbond substituents is 2. The van der Waals surface area contributed by atoms with E-state index in [2.05, 4.69) is 21.3 Å². The van der Waals surface area contributed by atoms with E-state index in [0.29, 0.717) is 53.6 Å². The number of benzene rings is 5. The molecule has 4 aromatic carbocycles. The minimum Gasteiger partial charge on any atom is -0.508 e. The number of hydrogen-bond donors (Lipinski definition) is 9. The van der Waals surface area contributed by atoms with Gasteiger partial charge < -0.3 is 56.7 Å². The highest BCUT2D eigenvalue weighted by molar-refractivity contribution is 7.80. The lowest BCUT2D eigenvalue weighted by Crippen LogP contribution is -2.59. The van der Waals surface area contributed by atoms with E-state index in [-0.39, 0.29) is 77.7 Å². The van der Waals surface area contributed by atoms with Gasteiger partial charge in [0.15, 0.2) is 10.5 Å². The number of fused-ring (bicyclic) bond motifs is 3. The highest BCUT2D eigenvalue weighted by atomic mass is 32.1. The Morgan fingerprint density at radius 1 is 0.829 bits per heavy atom. The summed E-state index contributed by atoms with van der Waals surface area (Å²) in [6.45, 7) is 4.43. The summed E-state index contributed by atoms with van der Waals surface area (Å²) in [4.78, 5) is 79.5. The molecular weight excluding hydrogens is 917 g/mol. The van der Waals surface area contributed by atoms with Crippen molar-refractivity contribution in [3.63, 3.8) is 0 Å². The fraction of sp³-hybridized carbons (Fsp3) is 0.288. The molecule has 0 aromatic heterocycles.